The summed E-state index contributed by atoms with van der Waals surface area (Å²) in [6.07, 6.45) is -4.61. The minimum Gasteiger partial charge on any atom is -0.477 e. The van der Waals surface area contributed by atoms with Crippen LogP contribution in [0.1, 0.15) is 15.2 Å². The standard InChI is InChI=1S/C8H3F3O2S2/c9-8(10,11)4-5-3(1-2-14-5)15-6(4)7(12)13/h1-2H,(H,12,13). The van der Waals surface area contributed by atoms with Crippen molar-refractivity contribution in [2.45, 2.75) is 6.18 Å². The zero-order chi connectivity index (χ0) is 11.2. The number of thiophene rings is 2. The molecule has 2 heterocycles. The van der Waals surface area contributed by atoms with Crippen molar-refractivity contribution in [3.8, 4) is 0 Å². The number of alkyl halides is 3. The van der Waals surface area contributed by atoms with Gasteiger partial charge in [-0.1, -0.05) is 0 Å². The van der Waals surface area contributed by atoms with Crippen molar-refractivity contribution in [1.82, 2.24) is 0 Å². The maximum Gasteiger partial charge on any atom is 0.419 e. The molecule has 7 heteroatoms. The fraction of sp³-hybridized carbons (Fsp3) is 0.125. The molecule has 0 radical (unpaired) electrons. The van der Waals surface area contributed by atoms with Crippen molar-refractivity contribution in [3.05, 3.63) is 21.9 Å². The van der Waals surface area contributed by atoms with E-state index < -0.39 is 22.6 Å². The number of rotatable bonds is 1. The van der Waals surface area contributed by atoms with E-state index in [1.165, 1.54) is 11.4 Å². The lowest BCUT2D eigenvalue weighted by atomic mass is 10.2. The van der Waals surface area contributed by atoms with Crippen molar-refractivity contribution < 1.29 is 23.1 Å². The third kappa shape index (κ3) is 1.61. The Kier molecular flexibility index (Phi) is 2.23. The molecule has 2 aromatic rings. The summed E-state index contributed by atoms with van der Waals surface area (Å²) in [6, 6.07) is 1.49. The summed E-state index contributed by atoms with van der Waals surface area (Å²) < 4.78 is 38.2. The maximum absolute atomic E-state index is 12.6. The molecule has 2 aromatic heterocycles. The minimum absolute atomic E-state index is 0.00454. The molecule has 0 fully saturated rings. The molecule has 0 aromatic carbocycles. The summed E-state index contributed by atoms with van der Waals surface area (Å²) in [6.45, 7) is 0. The molecule has 0 aliphatic carbocycles. The summed E-state index contributed by atoms with van der Waals surface area (Å²) in [5.74, 6) is -1.53. The molecule has 0 unspecified atom stereocenters. The Balaban J connectivity index is 2.80. The highest BCUT2D eigenvalue weighted by atomic mass is 32.1. The monoisotopic (exact) mass is 252 g/mol. The lowest BCUT2D eigenvalue weighted by Crippen LogP contribution is -2.09. The molecule has 0 aliphatic rings. The van der Waals surface area contributed by atoms with Crippen molar-refractivity contribution >= 4 is 38.0 Å². The van der Waals surface area contributed by atoms with Crippen LogP contribution in [0.25, 0.3) is 9.40 Å². The summed E-state index contributed by atoms with van der Waals surface area (Å²) in [5.41, 5.74) is -1.02. The van der Waals surface area contributed by atoms with E-state index in [2.05, 4.69) is 0 Å². The summed E-state index contributed by atoms with van der Waals surface area (Å²) in [4.78, 5) is 10.0. The summed E-state index contributed by atoms with van der Waals surface area (Å²) in [7, 11) is 0. The van der Waals surface area contributed by atoms with E-state index in [0.29, 0.717) is 16.0 Å². The number of hydrogen-bond donors (Lipinski definition) is 1. The highest BCUT2D eigenvalue weighted by molar-refractivity contribution is 7.28. The molecule has 1 N–H and O–H groups in total. The van der Waals surface area contributed by atoms with Gasteiger partial charge >= 0.3 is 12.1 Å². The topological polar surface area (TPSA) is 37.3 Å². The molecule has 0 amide bonds. The molecular weight excluding hydrogens is 249 g/mol. The lowest BCUT2D eigenvalue weighted by molar-refractivity contribution is -0.136. The molecule has 15 heavy (non-hydrogen) atoms. The van der Waals surface area contributed by atoms with E-state index in [0.717, 1.165) is 11.3 Å². The molecule has 0 aliphatic heterocycles. The molecule has 80 valence electrons. The first-order valence-corrected chi connectivity index (χ1v) is 5.41. The van der Waals surface area contributed by atoms with Crippen LogP contribution in [0.5, 0.6) is 0 Å². The van der Waals surface area contributed by atoms with Crippen molar-refractivity contribution in [2.75, 3.05) is 0 Å². The second-order valence-electron chi connectivity index (χ2n) is 2.72. The van der Waals surface area contributed by atoms with Crippen LogP contribution in [0.3, 0.4) is 0 Å². The van der Waals surface area contributed by atoms with Gasteiger partial charge in [0.2, 0.25) is 0 Å². The van der Waals surface area contributed by atoms with E-state index in [9.17, 15) is 18.0 Å². The predicted octanol–water partition coefficient (Wildman–Crippen LogP) is 3.68. The van der Waals surface area contributed by atoms with Gasteiger partial charge < -0.3 is 5.11 Å². The Morgan fingerprint density at radius 3 is 2.60 bits per heavy atom. The largest absolute Gasteiger partial charge is 0.477 e. The zero-order valence-corrected chi connectivity index (χ0v) is 8.59. The van der Waals surface area contributed by atoms with Gasteiger partial charge in [0.25, 0.3) is 0 Å². The van der Waals surface area contributed by atoms with Crippen molar-refractivity contribution in [1.29, 1.82) is 0 Å². The van der Waals surface area contributed by atoms with Gasteiger partial charge in [-0.3, -0.25) is 0 Å². The molecular formula is C8H3F3O2S2. The van der Waals surface area contributed by atoms with Gasteiger partial charge in [-0.25, -0.2) is 4.79 Å². The number of carboxylic acid groups (broad SMARTS) is 1. The normalized spacial score (nSPS) is 12.2. The van der Waals surface area contributed by atoms with E-state index in [1.807, 2.05) is 0 Å². The third-order valence-corrected chi connectivity index (χ3v) is 3.98. The lowest BCUT2D eigenvalue weighted by Gasteiger charge is -2.04. The Morgan fingerprint density at radius 1 is 1.40 bits per heavy atom. The highest BCUT2D eigenvalue weighted by Gasteiger charge is 2.39. The number of carbonyl (C=O) groups is 1. The Hall–Kier alpha value is -1.08. The fourth-order valence-corrected chi connectivity index (χ4v) is 3.47. The third-order valence-electron chi connectivity index (χ3n) is 1.77. The maximum atomic E-state index is 12.6. The van der Waals surface area contributed by atoms with Crippen LogP contribution >= 0.6 is 22.7 Å². The van der Waals surface area contributed by atoms with E-state index >= 15 is 0 Å². The Labute approximate surface area is 89.6 Å². The Bertz CT molecular complexity index is 523. The number of carboxylic acids is 1. The molecule has 0 saturated carbocycles. The van der Waals surface area contributed by atoms with Gasteiger partial charge in [0.1, 0.15) is 4.88 Å². The minimum atomic E-state index is -4.61. The number of halogens is 3. The molecule has 0 saturated heterocycles. The van der Waals surface area contributed by atoms with Gasteiger partial charge in [0, 0.05) is 4.70 Å². The van der Waals surface area contributed by atoms with E-state index in [4.69, 9.17) is 5.11 Å². The van der Waals surface area contributed by atoms with Crippen LogP contribution in [0.4, 0.5) is 13.2 Å². The molecule has 0 spiro atoms. The SMILES string of the molecule is O=C(O)c1sc2ccsc2c1C(F)(F)F. The van der Waals surface area contributed by atoms with Crippen molar-refractivity contribution in [2.24, 2.45) is 0 Å². The average molecular weight is 252 g/mol. The number of aromatic carboxylic acids is 1. The van der Waals surface area contributed by atoms with Crippen LogP contribution in [0, 0.1) is 0 Å². The van der Waals surface area contributed by atoms with Gasteiger partial charge in [-0.05, 0) is 11.4 Å². The molecule has 2 rings (SSSR count). The van der Waals surface area contributed by atoms with Gasteiger partial charge in [-0.2, -0.15) is 13.2 Å². The first-order valence-electron chi connectivity index (χ1n) is 3.71. The molecule has 0 bridgehead atoms. The van der Waals surface area contributed by atoms with Gasteiger partial charge in [0.05, 0.1) is 10.3 Å². The quantitative estimate of drug-likeness (QED) is 0.840. The fourth-order valence-electron chi connectivity index (χ4n) is 1.23. The van der Waals surface area contributed by atoms with Crippen LogP contribution in [0.2, 0.25) is 0 Å². The highest BCUT2D eigenvalue weighted by Crippen LogP contribution is 2.44. The smallest absolute Gasteiger partial charge is 0.419 e. The average Bonchev–Trinajstić information content (AvgIpc) is 2.56. The van der Waals surface area contributed by atoms with Crippen LogP contribution < -0.4 is 0 Å². The number of fused-ring (bicyclic) bond motifs is 1. The van der Waals surface area contributed by atoms with E-state index in [1.54, 1.807) is 0 Å². The first kappa shape index (κ1) is 10.4. The van der Waals surface area contributed by atoms with Crippen LogP contribution in [-0.4, -0.2) is 11.1 Å². The first-order chi connectivity index (χ1) is 6.91. The van der Waals surface area contributed by atoms with Crippen molar-refractivity contribution in [3.63, 3.8) is 0 Å². The Morgan fingerprint density at radius 2 is 2.07 bits per heavy atom. The van der Waals surface area contributed by atoms with Gasteiger partial charge in [-0.15, -0.1) is 22.7 Å². The number of hydrogen-bond acceptors (Lipinski definition) is 3. The zero-order valence-electron chi connectivity index (χ0n) is 6.96. The second kappa shape index (κ2) is 3.21. The molecule has 0 atom stereocenters. The summed E-state index contributed by atoms with van der Waals surface area (Å²) in [5, 5.41) is 10.2. The van der Waals surface area contributed by atoms with Gasteiger partial charge in [0.15, 0.2) is 0 Å². The van der Waals surface area contributed by atoms with Crippen LogP contribution in [0.15, 0.2) is 11.4 Å². The molecule has 2 nitrogen and oxygen atoms in total. The predicted molar refractivity (Wildman–Crippen MR) is 51.7 cm³/mol. The van der Waals surface area contributed by atoms with E-state index in [-0.39, 0.29) is 4.70 Å². The summed E-state index contributed by atoms with van der Waals surface area (Å²) >= 11 is 1.56. The van der Waals surface area contributed by atoms with Crippen LogP contribution in [-0.2, 0) is 6.18 Å². The second-order valence-corrected chi connectivity index (χ2v) is 4.69.